The topological polar surface area (TPSA) is 89.0 Å². The number of morpholine rings is 1. The van der Waals surface area contributed by atoms with Crippen molar-refractivity contribution in [3.63, 3.8) is 0 Å². The molecule has 4 heterocycles. The van der Waals surface area contributed by atoms with Crippen molar-refractivity contribution in [1.82, 2.24) is 24.9 Å². The molecule has 136 valence electrons. The molecule has 0 spiro atoms. The average Bonchev–Trinajstić information content (AvgIpc) is 3.09. The van der Waals surface area contributed by atoms with Crippen LogP contribution in [0.4, 0.5) is 5.82 Å². The molecule has 9 heteroatoms. The molecule has 0 amide bonds. The van der Waals surface area contributed by atoms with Gasteiger partial charge in [0.1, 0.15) is 17.2 Å². The minimum absolute atomic E-state index is 0.241. The number of aromatic amines is 1. The second-order valence-electron chi connectivity index (χ2n) is 6.10. The highest BCUT2D eigenvalue weighted by molar-refractivity contribution is 6.36. The van der Waals surface area contributed by atoms with Crippen molar-refractivity contribution < 1.29 is 9.47 Å². The van der Waals surface area contributed by atoms with Crippen LogP contribution in [0.3, 0.4) is 0 Å². The first-order valence-electron chi connectivity index (χ1n) is 8.54. The van der Waals surface area contributed by atoms with Gasteiger partial charge in [0, 0.05) is 37.7 Å². The number of fused-ring (bicyclic) bond motifs is 2. The Bertz CT molecular complexity index is 1130. The lowest BCUT2D eigenvalue weighted by atomic mass is 10.3. The number of nitrogens with one attached hydrogen (secondary N) is 1. The molecule has 0 saturated carbocycles. The summed E-state index contributed by atoms with van der Waals surface area (Å²) >= 11 is 6.35. The van der Waals surface area contributed by atoms with Gasteiger partial charge in [-0.25, -0.2) is 0 Å². The quantitative estimate of drug-likeness (QED) is 0.582. The molecule has 0 atom stereocenters. The van der Waals surface area contributed by atoms with Crippen molar-refractivity contribution in [1.29, 1.82) is 0 Å². The number of ether oxygens (including phenoxy) is 2. The van der Waals surface area contributed by atoms with Crippen LogP contribution >= 0.6 is 11.6 Å². The molecule has 4 aromatic rings. The third-order valence-electron chi connectivity index (χ3n) is 4.40. The van der Waals surface area contributed by atoms with Crippen LogP contribution in [-0.2, 0) is 4.74 Å². The zero-order valence-corrected chi connectivity index (χ0v) is 15.0. The van der Waals surface area contributed by atoms with Crippen LogP contribution in [0, 0.1) is 0 Å². The van der Waals surface area contributed by atoms with Crippen LogP contribution in [0.5, 0.6) is 11.8 Å². The molecule has 1 aliphatic rings. The summed E-state index contributed by atoms with van der Waals surface area (Å²) < 4.78 is 11.4. The summed E-state index contributed by atoms with van der Waals surface area (Å²) in [6, 6.07) is 5.72. The van der Waals surface area contributed by atoms with Crippen LogP contribution in [0.2, 0.25) is 5.02 Å². The molecule has 3 aromatic heterocycles. The number of hydrogen-bond acceptors (Lipinski definition) is 7. The second-order valence-corrected chi connectivity index (χ2v) is 6.51. The van der Waals surface area contributed by atoms with Gasteiger partial charge in [-0.05, 0) is 12.1 Å². The Balaban J connectivity index is 1.56. The van der Waals surface area contributed by atoms with E-state index in [4.69, 9.17) is 21.1 Å². The molecule has 1 aliphatic heterocycles. The largest absolute Gasteiger partial charge is 0.424 e. The second kappa shape index (κ2) is 6.64. The van der Waals surface area contributed by atoms with E-state index in [9.17, 15) is 0 Å². The van der Waals surface area contributed by atoms with Gasteiger partial charge in [-0.15, -0.1) is 0 Å². The van der Waals surface area contributed by atoms with Crippen molar-refractivity contribution in [2.45, 2.75) is 0 Å². The van der Waals surface area contributed by atoms with Gasteiger partial charge < -0.3 is 19.4 Å². The monoisotopic (exact) mass is 382 g/mol. The first kappa shape index (κ1) is 16.2. The highest BCUT2D eigenvalue weighted by Gasteiger charge is 2.21. The summed E-state index contributed by atoms with van der Waals surface area (Å²) in [5.41, 5.74) is 2.17. The maximum atomic E-state index is 6.35. The zero-order valence-electron chi connectivity index (χ0n) is 14.2. The van der Waals surface area contributed by atoms with Gasteiger partial charge in [0.05, 0.1) is 34.7 Å². The Morgan fingerprint density at radius 1 is 1.07 bits per heavy atom. The smallest absolute Gasteiger partial charge is 0.325 e. The van der Waals surface area contributed by atoms with Crippen LogP contribution < -0.4 is 9.64 Å². The van der Waals surface area contributed by atoms with Gasteiger partial charge >= 0.3 is 6.01 Å². The van der Waals surface area contributed by atoms with Crippen molar-refractivity contribution in [2.24, 2.45) is 0 Å². The summed E-state index contributed by atoms with van der Waals surface area (Å²) in [5.74, 6) is 1.33. The number of hydrogen-bond donors (Lipinski definition) is 1. The summed E-state index contributed by atoms with van der Waals surface area (Å²) in [6.45, 7) is 2.76. The van der Waals surface area contributed by atoms with Crippen molar-refractivity contribution in [3.05, 3.63) is 41.8 Å². The molecule has 0 bridgehead atoms. The molecule has 8 nitrogen and oxygen atoms in total. The lowest BCUT2D eigenvalue weighted by Gasteiger charge is -2.28. The summed E-state index contributed by atoms with van der Waals surface area (Å²) in [4.78, 5) is 22.9. The van der Waals surface area contributed by atoms with Gasteiger partial charge in [-0.3, -0.25) is 9.97 Å². The van der Waals surface area contributed by atoms with Crippen molar-refractivity contribution in [2.75, 3.05) is 31.2 Å². The fourth-order valence-corrected chi connectivity index (χ4v) is 3.35. The van der Waals surface area contributed by atoms with E-state index in [2.05, 4.69) is 29.8 Å². The number of H-pyrrole nitrogens is 1. The average molecular weight is 383 g/mol. The molecular formula is C18H15ClN6O2. The van der Waals surface area contributed by atoms with Gasteiger partial charge in [0.15, 0.2) is 0 Å². The SMILES string of the molecule is Clc1c[nH]c2nc(Oc3ccc4nccnc4c3)nc(N3CCOCC3)c12. The molecule has 1 saturated heterocycles. The molecule has 0 aliphatic carbocycles. The Morgan fingerprint density at radius 3 is 2.74 bits per heavy atom. The van der Waals surface area contributed by atoms with E-state index < -0.39 is 0 Å². The van der Waals surface area contributed by atoms with Crippen LogP contribution in [0.25, 0.3) is 22.1 Å². The van der Waals surface area contributed by atoms with Gasteiger partial charge in [0.25, 0.3) is 0 Å². The van der Waals surface area contributed by atoms with E-state index in [0.29, 0.717) is 29.6 Å². The molecule has 5 rings (SSSR count). The molecule has 0 unspecified atom stereocenters. The summed E-state index contributed by atoms with van der Waals surface area (Å²) in [7, 11) is 0. The van der Waals surface area contributed by atoms with E-state index in [1.807, 2.05) is 18.2 Å². The Morgan fingerprint density at radius 2 is 1.89 bits per heavy atom. The predicted octanol–water partition coefficient (Wildman–Crippen LogP) is 3.18. The summed E-state index contributed by atoms with van der Waals surface area (Å²) in [5, 5.41) is 1.37. The number of anilines is 1. The highest BCUT2D eigenvalue weighted by Crippen LogP contribution is 2.33. The predicted molar refractivity (Wildman–Crippen MR) is 102 cm³/mol. The fourth-order valence-electron chi connectivity index (χ4n) is 3.12. The molecule has 0 radical (unpaired) electrons. The van der Waals surface area contributed by atoms with E-state index in [0.717, 1.165) is 35.3 Å². The van der Waals surface area contributed by atoms with E-state index in [1.165, 1.54) is 0 Å². The Labute approximate surface area is 159 Å². The highest BCUT2D eigenvalue weighted by atomic mass is 35.5. The zero-order chi connectivity index (χ0) is 18.2. The van der Waals surface area contributed by atoms with E-state index in [-0.39, 0.29) is 6.01 Å². The van der Waals surface area contributed by atoms with Gasteiger partial charge in [-0.1, -0.05) is 11.6 Å². The standard InChI is InChI=1S/C18H15ClN6O2/c19-12-10-22-16-15(12)17(25-5-7-26-8-6-25)24-18(23-16)27-11-1-2-13-14(9-11)21-4-3-20-13/h1-4,9-10H,5-8H2,(H,22,23,24). The first-order valence-corrected chi connectivity index (χ1v) is 8.92. The van der Waals surface area contributed by atoms with Crippen molar-refractivity contribution in [3.8, 4) is 11.8 Å². The Hall–Kier alpha value is -2.97. The maximum absolute atomic E-state index is 6.35. The third-order valence-corrected chi connectivity index (χ3v) is 4.70. The maximum Gasteiger partial charge on any atom is 0.325 e. The summed E-state index contributed by atoms with van der Waals surface area (Å²) in [6.07, 6.45) is 5.01. The number of aromatic nitrogens is 5. The number of nitrogens with zero attached hydrogens (tertiary/aromatic N) is 5. The number of benzene rings is 1. The van der Waals surface area contributed by atoms with E-state index in [1.54, 1.807) is 18.6 Å². The fraction of sp³-hybridized carbons (Fsp3) is 0.222. The van der Waals surface area contributed by atoms with Crippen molar-refractivity contribution >= 4 is 39.5 Å². The van der Waals surface area contributed by atoms with Crippen LogP contribution in [-0.4, -0.2) is 51.2 Å². The van der Waals surface area contributed by atoms with Crippen LogP contribution in [0.15, 0.2) is 36.8 Å². The van der Waals surface area contributed by atoms with Gasteiger partial charge in [0.2, 0.25) is 0 Å². The lowest BCUT2D eigenvalue weighted by Crippen LogP contribution is -2.37. The molecule has 1 aromatic carbocycles. The number of rotatable bonds is 3. The van der Waals surface area contributed by atoms with Crippen LogP contribution in [0.1, 0.15) is 0 Å². The molecular weight excluding hydrogens is 368 g/mol. The molecule has 1 N–H and O–H groups in total. The molecule has 27 heavy (non-hydrogen) atoms. The van der Waals surface area contributed by atoms with Gasteiger partial charge in [-0.2, -0.15) is 9.97 Å². The molecule has 1 fully saturated rings. The Kier molecular flexibility index (Phi) is 3.99. The minimum atomic E-state index is 0.241. The lowest BCUT2D eigenvalue weighted by molar-refractivity contribution is 0.122. The third kappa shape index (κ3) is 3.02. The number of halogens is 1. The first-order chi connectivity index (χ1) is 13.3. The van der Waals surface area contributed by atoms with E-state index >= 15 is 0 Å². The minimum Gasteiger partial charge on any atom is -0.424 e. The normalized spacial score (nSPS) is 14.8.